The molecule has 2 aliphatic rings. The maximum Gasteiger partial charge on any atom is 0.0480 e. The fraction of sp³-hybridized carbons (Fsp3) is 1.00. The Labute approximate surface area is 81.0 Å². The van der Waals surface area contributed by atoms with Crippen molar-refractivity contribution in [2.75, 3.05) is 13.2 Å². The zero-order valence-corrected chi connectivity index (χ0v) is 8.59. The van der Waals surface area contributed by atoms with E-state index in [0.717, 1.165) is 31.2 Å². The Morgan fingerprint density at radius 2 is 1.92 bits per heavy atom. The molecule has 1 aliphatic heterocycles. The van der Waals surface area contributed by atoms with E-state index in [2.05, 4.69) is 12.2 Å². The Morgan fingerprint density at radius 1 is 1.23 bits per heavy atom. The van der Waals surface area contributed by atoms with Gasteiger partial charge in [-0.3, -0.25) is 0 Å². The molecule has 2 heteroatoms. The summed E-state index contributed by atoms with van der Waals surface area (Å²) >= 11 is 0. The predicted molar refractivity (Wildman–Crippen MR) is 53.8 cm³/mol. The molecule has 0 bridgehead atoms. The molecule has 2 rings (SSSR count). The molecule has 1 unspecified atom stereocenters. The third-order valence-corrected chi connectivity index (χ3v) is 3.30. The van der Waals surface area contributed by atoms with Crippen LogP contribution in [-0.2, 0) is 4.74 Å². The number of rotatable bonds is 4. The lowest BCUT2D eigenvalue weighted by Crippen LogP contribution is -2.42. The lowest BCUT2D eigenvalue weighted by atomic mass is 10.0. The van der Waals surface area contributed by atoms with Crippen LogP contribution in [0.2, 0.25) is 0 Å². The molecular formula is C11H21NO. The van der Waals surface area contributed by atoms with Crippen LogP contribution in [0.5, 0.6) is 0 Å². The van der Waals surface area contributed by atoms with Gasteiger partial charge in [-0.15, -0.1) is 0 Å². The largest absolute Gasteiger partial charge is 0.381 e. The van der Waals surface area contributed by atoms with Crippen LogP contribution in [0.4, 0.5) is 0 Å². The maximum atomic E-state index is 5.35. The minimum Gasteiger partial charge on any atom is -0.381 e. The van der Waals surface area contributed by atoms with Crippen molar-refractivity contribution in [2.24, 2.45) is 5.92 Å². The van der Waals surface area contributed by atoms with Crippen molar-refractivity contribution >= 4 is 0 Å². The van der Waals surface area contributed by atoms with Gasteiger partial charge in [0.05, 0.1) is 0 Å². The molecule has 2 fully saturated rings. The minimum atomic E-state index is 0.735. The molecule has 1 saturated carbocycles. The first-order chi connectivity index (χ1) is 6.40. The summed E-state index contributed by atoms with van der Waals surface area (Å²) < 4.78 is 5.35. The Hall–Kier alpha value is -0.0800. The quantitative estimate of drug-likeness (QED) is 0.719. The van der Waals surface area contributed by atoms with E-state index in [1.807, 2.05) is 0 Å². The predicted octanol–water partition coefficient (Wildman–Crippen LogP) is 1.94. The molecular weight excluding hydrogens is 162 g/mol. The van der Waals surface area contributed by atoms with E-state index >= 15 is 0 Å². The smallest absolute Gasteiger partial charge is 0.0480 e. The van der Waals surface area contributed by atoms with Crippen molar-refractivity contribution in [2.45, 2.75) is 51.1 Å². The molecule has 76 valence electrons. The van der Waals surface area contributed by atoms with Crippen molar-refractivity contribution in [1.82, 2.24) is 5.32 Å². The Morgan fingerprint density at radius 3 is 2.46 bits per heavy atom. The highest BCUT2D eigenvalue weighted by Crippen LogP contribution is 2.34. The summed E-state index contributed by atoms with van der Waals surface area (Å²) in [4.78, 5) is 0. The molecule has 1 saturated heterocycles. The first kappa shape index (κ1) is 9.47. The lowest BCUT2D eigenvalue weighted by molar-refractivity contribution is 0.0738. The van der Waals surface area contributed by atoms with Crippen LogP contribution < -0.4 is 5.32 Å². The van der Waals surface area contributed by atoms with Crippen molar-refractivity contribution in [1.29, 1.82) is 0 Å². The summed E-state index contributed by atoms with van der Waals surface area (Å²) in [6.45, 7) is 4.22. The monoisotopic (exact) mass is 183 g/mol. The van der Waals surface area contributed by atoms with Crippen LogP contribution >= 0.6 is 0 Å². The number of nitrogens with one attached hydrogen (secondary N) is 1. The number of hydrogen-bond donors (Lipinski definition) is 1. The van der Waals surface area contributed by atoms with Crippen LogP contribution in [0.3, 0.4) is 0 Å². The summed E-state index contributed by atoms with van der Waals surface area (Å²) in [5.41, 5.74) is 0. The van der Waals surface area contributed by atoms with Gasteiger partial charge in [0.25, 0.3) is 0 Å². The minimum absolute atomic E-state index is 0.735. The van der Waals surface area contributed by atoms with Gasteiger partial charge in [0, 0.05) is 25.3 Å². The van der Waals surface area contributed by atoms with Crippen molar-refractivity contribution in [3.8, 4) is 0 Å². The van der Waals surface area contributed by atoms with Crippen LogP contribution in [0.25, 0.3) is 0 Å². The topological polar surface area (TPSA) is 21.3 Å². The summed E-state index contributed by atoms with van der Waals surface area (Å²) in [5, 5.41) is 3.79. The first-order valence-electron chi connectivity index (χ1n) is 5.74. The van der Waals surface area contributed by atoms with E-state index in [1.165, 1.54) is 32.1 Å². The zero-order chi connectivity index (χ0) is 9.10. The van der Waals surface area contributed by atoms with Crippen LogP contribution in [0.15, 0.2) is 0 Å². The fourth-order valence-electron chi connectivity index (χ4n) is 2.25. The van der Waals surface area contributed by atoms with Gasteiger partial charge in [-0.25, -0.2) is 0 Å². The second-order valence-electron chi connectivity index (χ2n) is 4.41. The van der Waals surface area contributed by atoms with Gasteiger partial charge in [-0.1, -0.05) is 6.92 Å². The summed E-state index contributed by atoms with van der Waals surface area (Å²) in [6, 6.07) is 1.53. The standard InChI is InChI=1S/C11H21NO/c1-2-11(9-3-4-9)12-10-5-7-13-8-6-10/h9-12H,2-8H2,1H3. The zero-order valence-electron chi connectivity index (χ0n) is 8.59. The SMILES string of the molecule is CCC(NC1CCOCC1)C1CC1. The van der Waals surface area contributed by atoms with E-state index in [-0.39, 0.29) is 0 Å². The van der Waals surface area contributed by atoms with Gasteiger partial charge in [0.1, 0.15) is 0 Å². The second-order valence-corrected chi connectivity index (χ2v) is 4.41. The molecule has 0 spiro atoms. The van der Waals surface area contributed by atoms with Crippen molar-refractivity contribution in [3.05, 3.63) is 0 Å². The third kappa shape index (κ3) is 2.68. The van der Waals surface area contributed by atoms with Gasteiger partial charge in [-0.05, 0) is 38.0 Å². The molecule has 1 N–H and O–H groups in total. The average Bonchev–Trinajstić information content (AvgIpc) is 2.99. The van der Waals surface area contributed by atoms with Crippen LogP contribution in [-0.4, -0.2) is 25.3 Å². The molecule has 0 aromatic carbocycles. The molecule has 13 heavy (non-hydrogen) atoms. The summed E-state index contributed by atoms with van der Waals surface area (Å²) in [6.07, 6.45) is 6.62. The highest BCUT2D eigenvalue weighted by atomic mass is 16.5. The van der Waals surface area contributed by atoms with E-state index in [0.29, 0.717) is 0 Å². The van der Waals surface area contributed by atoms with Gasteiger partial charge in [-0.2, -0.15) is 0 Å². The highest BCUT2D eigenvalue weighted by molar-refractivity contribution is 4.88. The Balaban J connectivity index is 1.73. The molecule has 2 nitrogen and oxygen atoms in total. The Bertz CT molecular complexity index is 150. The number of hydrogen-bond acceptors (Lipinski definition) is 2. The van der Waals surface area contributed by atoms with E-state index in [4.69, 9.17) is 4.74 Å². The molecule has 0 amide bonds. The third-order valence-electron chi connectivity index (χ3n) is 3.30. The van der Waals surface area contributed by atoms with Crippen molar-refractivity contribution in [3.63, 3.8) is 0 Å². The average molecular weight is 183 g/mol. The van der Waals surface area contributed by atoms with Crippen molar-refractivity contribution < 1.29 is 4.74 Å². The first-order valence-corrected chi connectivity index (χ1v) is 5.74. The van der Waals surface area contributed by atoms with E-state index in [9.17, 15) is 0 Å². The molecule has 0 radical (unpaired) electrons. The maximum absolute atomic E-state index is 5.35. The van der Waals surface area contributed by atoms with Gasteiger partial charge >= 0.3 is 0 Å². The van der Waals surface area contributed by atoms with E-state index in [1.54, 1.807) is 0 Å². The second kappa shape index (κ2) is 4.43. The Kier molecular flexibility index (Phi) is 3.23. The van der Waals surface area contributed by atoms with Crippen LogP contribution in [0.1, 0.15) is 39.0 Å². The molecule has 0 aromatic heterocycles. The van der Waals surface area contributed by atoms with Gasteiger partial charge in [0.2, 0.25) is 0 Å². The van der Waals surface area contributed by atoms with E-state index < -0.39 is 0 Å². The molecule has 1 aliphatic carbocycles. The summed E-state index contributed by atoms with van der Waals surface area (Å²) in [7, 11) is 0. The van der Waals surface area contributed by atoms with Gasteiger partial charge < -0.3 is 10.1 Å². The highest BCUT2D eigenvalue weighted by Gasteiger charge is 2.31. The fourth-order valence-corrected chi connectivity index (χ4v) is 2.25. The number of ether oxygens (including phenoxy) is 1. The molecule has 0 aromatic rings. The molecule has 1 atom stereocenters. The normalized spacial score (nSPS) is 27.5. The summed E-state index contributed by atoms with van der Waals surface area (Å²) in [5.74, 6) is 0.993. The molecule has 1 heterocycles. The lowest BCUT2D eigenvalue weighted by Gasteiger charge is -2.28. The van der Waals surface area contributed by atoms with Crippen LogP contribution in [0, 0.1) is 5.92 Å². The van der Waals surface area contributed by atoms with Gasteiger partial charge in [0.15, 0.2) is 0 Å².